The van der Waals surface area contributed by atoms with Crippen molar-refractivity contribution in [3.63, 3.8) is 0 Å². The molecule has 122 valence electrons. The molecule has 0 fully saturated rings. The van der Waals surface area contributed by atoms with Crippen LogP contribution < -0.4 is 10.1 Å². The molecule has 1 amide bonds. The number of nitrogens with one attached hydrogen (secondary N) is 1. The minimum atomic E-state index is -0.535. The summed E-state index contributed by atoms with van der Waals surface area (Å²) in [7, 11) is 1.68. The number of carbonyl (C=O) groups is 1. The van der Waals surface area contributed by atoms with Crippen LogP contribution in [0, 0.1) is 12.7 Å². The monoisotopic (exact) mass is 337 g/mol. The number of rotatable bonds is 6. The summed E-state index contributed by atoms with van der Waals surface area (Å²) >= 11 is 5.60. The Morgan fingerprint density at radius 3 is 2.87 bits per heavy atom. The Kier molecular flexibility index (Phi) is 5.39. The number of hydrogen-bond donors (Lipinski definition) is 1. The smallest absolute Gasteiger partial charge is 0.269 e. The molecular weight excluding hydrogens is 321 g/mol. The quantitative estimate of drug-likeness (QED) is 0.881. The van der Waals surface area contributed by atoms with Crippen LogP contribution in [0.5, 0.6) is 5.75 Å². The van der Waals surface area contributed by atoms with Crippen LogP contribution in [0.25, 0.3) is 0 Å². The first-order valence-electron chi connectivity index (χ1n) is 6.90. The summed E-state index contributed by atoms with van der Waals surface area (Å²) in [5, 5.41) is 7.04. The van der Waals surface area contributed by atoms with E-state index in [1.54, 1.807) is 32.2 Å². The van der Waals surface area contributed by atoms with Gasteiger partial charge in [-0.1, -0.05) is 30.3 Å². The van der Waals surface area contributed by atoms with E-state index in [1.165, 1.54) is 10.7 Å². The van der Waals surface area contributed by atoms with Crippen molar-refractivity contribution < 1.29 is 13.9 Å². The fourth-order valence-corrected chi connectivity index (χ4v) is 2.10. The van der Waals surface area contributed by atoms with Crippen LogP contribution in [0.4, 0.5) is 4.39 Å². The molecular formula is C16H17ClFN3O2. The lowest BCUT2D eigenvalue weighted by atomic mass is 10.2. The van der Waals surface area contributed by atoms with Crippen molar-refractivity contribution in [2.75, 3.05) is 6.61 Å². The summed E-state index contributed by atoms with van der Waals surface area (Å²) in [5.74, 6) is -0.796. The van der Waals surface area contributed by atoms with E-state index in [-0.39, 0.29) is 29.8 Å². The van der Waals surface area contributed by atoms with Crippen LogP contribution in [-0.2, 0) is 13.6 Å². The van der Waals surface area contributed by atoms with E-state index in [9.17, 15) is 9.18 Å². The van der Waals surface area contributed by atoms with E-state index in [4.69, 9.17) is 16.3 Å². The minimum absolute atomic E-state index is 0.0165. The molecule has 1 aromatic heterocycles. The van der Waals surface area contributed by atoms with Gasteiger partial charge in [0.05, 0.1) is 5.69 Å². The molecule has 1 N–H and O–H groups in total. The molecule has 0 aliphatic heterocycles. The van der Waals surface area contributed by atoms with E-state index < -0.39 is 5.82 Å². The number of hydrogen-bond acceptors (Lipinski definition) is 3. The lowest BCUT2D eigenvalue weighted by molar-refractivity contribution is 0.0941. The van der Waals surface area contributed by atoms with E-state index >= 15 is 0 Å². The Hall–Kier alpha value is -2.34. The van der Waals surface area contributed by atoms with Crippen molar-refractivity contribution >= 4 is 17.5 Å². The molecule has 0 atom stereocenters. The Morgan fingerprint density at radius 1 is 1.52 bits per heavy atom. The first kappa shape index (κ1) is 17.0. The highest BCUT2D eigenvalue weighted by Crippen LogP contribution is 2.21. The molecule has 0 radical (unpaired) electrons. The Bertz CT molecular complexity index is 743. The van der Waals surface area contributed by atoms with Crippen LogP contribution in [0.3, 0.4) is 0 Å². The Morgan fingerprint density at radius 2 is 2.26 bits per heavy atom. The van der Waals surface area contributed by atoms with Crippen molar-refractivity contribution in [2.24, 2.45) is 7.05 Å². The first-order valence-corrected chi connectivity index (χ1v) is 7.28. The van der Waals surface area contributed by atoms with Gasteiger partial charge >= 0.3 is 0 Å². The molecule has 0 saturated heterocycles. The number of carbonyl (C=O) groups excluding carboxylic acids is 1. The number of amides is 1. The van der Waals surface area contributed by atoms with Gasteiger partial charge in [0.25, 0.3) is 5.91 Å². The summed E-state index contributed by atoms with van der Waals surface area (Å²) in [6.45, 7) is 5.32. The normalized spacial score (nSPS) is 10.4. The minimum Gasteiger partial charge on any atom is -0.485 e. The zero-order chi connectivity index (χ0) is 17.0. The standard InChI is InChI=1S/C16H17ClFN3O2/c1-10(17)9-23-14-6-4-5-12(15(14)18)8-19-16(22)13-7-11(2)20-21(13)3/h4-7H,1,8-9H2,2-3H3,(H,19,22). The summed E-state index contributed by atoms with van der Waals surface area (Å²) in [6.07, 6.45) is 0. The van der Waals surface area contributed by atoms with E-state index in [0.717, 1.165) is 5.69 Å². The second kappa shape index (κ2) is 7.28. The third-order valence-corrected chi connectivity index (χ3v) is 3.21. The fourth-order valence-electron chi connectivity index (χ4n) is 2.05. The lowest BCUT2D eigenvalue weighted by Crippen LogP contribution is -2.25. The van der Waals surface area contributed by atoms with Crippen LogP contribution in [0.2, 0.25) is 0 Å². The van der Waals surface area contributed by atoms with Crippen LogP contribution >= 0.6 is 11.6 Å². The molecule has 23 heavy (non-hydrogen) atoms. The van der Waals surface area contributed by atoms with E-state index in [1.807, 2.05) is 0 Å². The van der Waals surface area contributed by atoms with Crippen molar-refractivity contribution in [1.29, 1.82) is 0 Å². The van der Waals surface area contributed by atoms with Crippen LogP contribution in [0.1, 0.15) is 21.7 Å². The molecule has 5 nitrogen and oxygen atoms in total. The van der Waals surface area contributed by atoms with Crippen molar-refractivity contribution in [1.82, 2.24) is 15.1 Å². The maximum Gasteiger partial charge on any atom is 0.269 e. The van der Waals surface area contributed by atoms with Gasteiger partial charge < -0.3 is 10.1 Å². The molecule has 0 aliphatic rings. The maximum atomic E-state index is 14.3. The second-order valence-electron chi connectivity index (χ2n) is 5.01. The van der Waals surface area contributed by atoms with Gasteiger partial charge in [-0.2, -0.15) is 5.10 Å². The number of aromatic nitrogens is 2. The van der Waals surface area contributed by atoms with Gasteiger partial charge in [-0.25, -0.2) is 4.39 Å². The second-order valence-corrected chi connectivity index (χ2v) is 5.55. The molecule has 1 heterocycles. The topological polar surface area (TPSA) is 56.1 Å². The lowest BCUT2D eigenvalue weighted by Gasteiger charge is -2.10. The highest BCUT2D eigenvalue weighted by atomic mass is 35.5. The Balaban J connectivity index is 2.05. The van der Waals surface area contributed by atoms with Gasteiger partial charge in [0.15, 0.2) is 11.6 Å². The zero-order valence-electron chi connectivity index (χ0n) is 12.9. The van der Waals surface area contributed by atoms with Gasteiger partial charge in [-0.3, -0.25) is 9.48 Å². The van der Waals surface area contributed by atoms with Crippen molar-refractivity contribution in [3.05, 3.63) is 58.6 Å². The molecule has 2 rings (SSSR count). The SMILES string of the molecule is C=C(Cl)COc1cccc(CNC(=O)c2cc(C)nn2C)c1F. The average molecular weight is 338 g/mol. The summed E-state index contributed by atoms with van der Waals surface area (Å²) in [4.78, 5) is 12.1. The summed E-state index contributed by atoms with van der Waals surface area (Å²) in [5.41, 5.74) is 1.46. The third-order valence-electron chi connectivity index (χ3n) is 3.10. The molecule has 1 aromatic carbocycles. The largest absolute Gasteiger partial charge is 0.485 e. The molecule has 0 spiro atoms. The zero-order valence-corrected chi connectivity index (χ0v) is 13.7. The number of ether oxygens (including phenoxy) is 1. The number of halogens is 2. The summed E-state index contributed by atoms with van der Waals surface area (Å²) < 4.78 is 21.0. The highest BCUT2D eigenvalue weighted by molar-refractivity contribution is 6.29. The Labute approximate surface area is 138 Å². The van der Waals surface area contributed by atoms with Gasteiger partial charge in [0.2, 0.25) is 0 Å². The average Bonchev–Trinajstić information content (AvgIpc) is 2.83. The maximum absolute atomic E-state index is 14.3. The third kappa shape index (κ3) is 4.32. The summed E-state index contributed by atoms with van der Waals surface area (Å²) in [6, 6.07) is 6.37. The molecule has 0 bridgehead atoms. The van der Waals surface area contributed by atoms with Crippen molar-refractivity contribution in [2.45, 2.75) is 13.5 Å². The highest BCUT2D eigenvalue weighted by Gasteiger charge is 2.14. The van der Waals surface area contributed by atoms with Gasteiger partial charge in [-0.05, 0) is 19.1 Å². The fraction of sp³-hybridized carbons (Fsp3) is 0.250. The molecule has 0 saturated carbocycles. The molecule has 0 unspecified atom stereocenters. The van der Waals surface area contributed by atoms with Gasteiger partial charge in [-0.15, -0.1) is 0 Å². The predicted octanol–water partition coefficient (Wildman–Crippen LogP) is 2.93. The van der Waals surface area contributed by atoms with Crippen LogP contribution in [0.15, 0.2) is 35.9 Å². The van der Waals surface area contributed by atoms with Gasteiger partial charge in [0, 0.05) is 24.2 Å². The first-order chi connectivity index (χ1) is 10.9. The molecule has 7 heteroatoms. The van der Waals surface area contributed by atoms with Crippen LogP contribution in [-0.4, -0.2) is 22.3 Å². The van der Waals surface area contributed by atoms with Crippen molar-refractivity contribution in [3.8, 4) is 5.75 Å². The number of nitrogens with zero attached hydrogens (tertiary/aromatic N) is 2. The van der Waals surface area contributed by atoms with E-state index in [2.05, 4.69) is 17.0 Å². The molecule has 2 aromatic rings. The van der Waals surface area contributed by atoms with Gasteiger partial charge in [0.1, 0.15) is 12.3 Å². The number of aryl methyl sites for hydroxylation is 2. The molecule has 0 aliphatic carbocycles. The number of benzene rings is 1. The predicted molar refractivity (Wildman–Crippen MR) is 86.0 cm³/mol. The van der Waals surface area contributed by atoms with E-state index in [0.29, 0.717) is 11.3 Å².